The number of hydrogen-bond donors (Lipinski definition) is 2. The van der Waals surface area contributed by atoms with Crippen molar-refractivity contribution in [1.82, 2.24) is 0 Å². The quantitative estimate of drug-likeness (QED) is 0.250. The lowest BCUT2D eigenvalue weighted by Crippen LogP contribution is -2.62. The molecular formula is C31H57O4PSi. The van der Waals surface area contributed by atoms with Gasteiger partial charge >= 0.3 is 5.97 Å². The van der Waals surface area contributed by atoms with Gasteiger partial charge in [-0.3, -0.25) is 4.79 Å². The number of aliphatic hydroxyl groups is 1. The van der Waals surface area contributed by atoms with E-state index < -0.39 is 14.3 Å². The number of carboxylic acids is 1. The highest BCUT2D eigenvalue weighted by Crippen LogP contribution is 2.69. The maximum absolute atomic E-state index is 12.1. The molecule has 37 heavy (non-hydrogen) atoms. The van der Waals surface area contributed by atoms with Crippen molar-refractivity contribution in [3.63, 3.8) is 0 Å². The molecule has 0 aromatic heterocycles. The Morgan fingerprint density at radius 1 is 1.05 bits per heavy atom. The first-order valence-electron chi connectivity index (χ1n) is 15.4. The first-order chi connectivity index (χ1) is 17.1. The van der Waals surface area contributed by atoms with Crippen molar-refractivity contribution in [2.24, 2.45) is 46.3 Å². The highest BCUT2D eigenvalue weighted by molar-refractivity contribution is 7.17. The van der Waals surface area contributed by atoms with E-state index in [1.807, 2.05) is 0 Å². The Balaban J connectivity index is 1.56. The number of carboxylic acid groups (broad SMARTS) is 1. The zero-order valence-electron chi connectivity index (χ0n) is 25.1. The van der Waals surface area contributed by atoms with Crippen LogP contribution in [0.25, 0.3) is 0 Å². The molecule has 2 N–H and O–H groups in total. The first-order valence-corrected chi connectivity index (χ1v) is 19.0. The van der Waals surface area contributed by atoms with Crippen molar-refractivity contribution in [3.8, 4) is 0 Å². The molecule has 0 aliphatic heterocycles. The molecule has 0 aromatic carbocycles. The minimum Gasteiger partial charge on any atom is -0.481 e. The molecule has 4 aliphatic rings. The fraction of sp³-hybridized carbons (Fsp3) is 0.968. The summed E-state index contributed by atoms with van der Waals surface area (Å²) in [5.41, 5.74) is 0.870. The zero-order chi connectivity index (χ0) is 27.6. The highest BCUT2D eigenvalue weighted by Gasteiger charge is 2.65. The summed E-state index contributed by atoms with van der Waals surface area (Å²) >= 11 is 0. The second kappa shape index (κ2) is 10.5. The van der Waals surface area contributed by atoms with Crippen LogP contribution in [0.1, 0.15) is 106 Å². The van der Waals surface area contributed by atoms with Crippen LogP contribution in [0.15, 0.2) is 0 Å². The number of aliphatic carboxylic acids is 1. The summed E-state index contributed by atoms with van der Waals surface area (Å²) in [6.45, 7) is 19.2. The topological polar surface area (TPSA) is 66.8 Å². The Labute approximate surface area is 230 Å². The molecular weight excluding hydrogens is 495 g/mol. The molecule has 0 aromatic rings. The van der Waals surface area contributed by atoms with Gasteiger partial charge in [-0.05, 0) is 121 Å². The van der Waals surface area contributed by atoms with Crippen molar-refractivity contribution in [2.45, 2.75) is 142 Å². The summed E-state index contributed by atoms with van der Waals surface area (Å²) < 4.78 is 6.98. The van der Waals surface area contributed by atoms with Crippen LogP contribution < -0.4 is 0 Å². The van der Waals surface area contributed by atoms with Crippen LogP contribution in [-0.4, -0.2) is 42.4 Å². The number of aliphatic hydroxyl groups excluding tert-OH is 1. The maximum atomic E-state index is 12.1. The zero-order valence-corrected chi connectivity index (χ0v) is 27.2. The molecule has 0 amide bonds. The smallest absolute Gasteiger partial charge is 0.303 e. The lowest BCUT2D eigenvalue weighted by Gasteiger charge is -2.65. The molecule has 4 saturated carbocycles. The van der Waals surface area contributed by atoms with E-state index >= 15 is 0 Å². The van der Waals surface area contributed by atoms with E-state index in [9.17, 15) is 15.0 Å². The molecule has 0 spiro atoms. The van der Waals surface area contributed by atoms with Crippen LogP contribution in [0.3, 0.4) is 0 Å². The molecule has 4 fully saturated rings. The SMILES string of the molecule is CC[C@@H]1C2CC(O[Si](C)(C)C(C)(C)C)CCC2(C)[C@H]2CCC3(C)C([C@H](P)CCC(=O)O)CC[C@H]3C2[C@@H]1O. The van der Waals surface area contributed by atoms with Gasteiger partial charge in [-0.2, -0.15) is 0 Å². The minimum atomic E-state index is -1.82. The summed E-state index contributed by atoms with van der Waals surface area (Å²) in [7, 11) is 1.20. The van der Waals surface area contributed by atoms with Gasteiger partial charge in [0.25, 0.3) is 0 Å². The van der Waals surface area contributed by atoms with E-state index in [1.165, 1.54) is 38.5 Å². The Morgan fingerprint density at radius 2 is 1.68 bits per heavy atom. The third kappa shape index (κ3) is 5.15. The van der Waals surface area contributed by atoms with Gasteiger partial charge in [0, 0.05) is 12.5 Å². The molecule has 0 radical (unpaired) electrons. The number of rotatable bonds is 7. The molecule has 7 unspecified atom stereocenters. The van der Waals surface area contributed by atoms with Crippen LogP contribution in [0.2, 0.25) is 18.1 Å². The Hall–Kier alpha value is 0.0369. The summed E-state index contributed by atoms with van der Waals surface area (Å²) in [5, 5.41) is 21.6. The van der Waals surface area contributed by atoms with Crippen LogP contribution >= 0.6 is 9.24 Å². The van der Waals surface area contributed by atoms with Gasteiger partial charge in [-0.1, -0.05) is 48.0 Å². The van der Waals surface area contributed by atoms with Gasteiger partial charge in [0.05, 0.1) is 6.10 Å². The van der Waals surface area contributed by atoms with Gasteiger partial charge in [-0.15, -0.1) is 9.24 Å². The number of fused-ring (bicyclic) bond motifs is 5. The van der Waals surface area contributed by atoms with E-state index in [0.717, 1.165) is 19.3 Å². The molecule has 0 bridgehead atoms. The highest BCUT2D eigenvalue weighted by atomic mass is 31.0. The average Bonchev–Trinajstić information content (AvgIpc) is 3.15. The Morgan fingerprint density at radius 3 is 2.27 bits per heavy atom. The number of carbonyl (C=O) groups is 1. The fourth-order valence-electron chi connectivity index (χ4n) is 9.88. The number of hydrogen-bond acceptors (Lipinski definition) is 3. The molecule has 214 valence electrons. The standard InChI is InChI=1S/C31H57O4PSi/c1-9-20-24-18-19(35-37(7,8)29(2,3)4)14-16-31(24,6)23-15-17-30(5)21(25(36)12-13-26(32)33)10-11-22(30)27(23)28(20)34/h19-25,27-28,34H,9-18,36H2,1-8H3,(H,32,33)/t19?,20-,21?,22+,23+,24?,25-,27?,28-,30?,31?/m1/s1. The predicted molar refractivity (Wildman–Crippen MR) is 158 cm³/mol. The molecule has 4 aliphatic carbocycles. The van der Waals surface area contributed by atoms with Gasteiger partial charge in [0.1, 0.15) is 0 Å². The first kappa shape index (κ1) is 30.0. The van der Waals surface area contributed by atoms with Crippen molar-refractivity contribution in [2.75, 3.05) is 0 Å². The molecule has 0 heterocycles. The van der Waals surface area contributed by atoms with E-state index in [-0.39, 0.29) is 23.0 Å². The third-order valence-corrected chi connectivity index (χ3v) is 18.3. The molecule has 4 nitrogen and oxygen atoms in total. The van der Waals surface area contributed by atoms with Crippen LogP contribution in [0.5, 0.6) is 0 Å². The van der Waals surface area contributed by atoms with Gasteiger partial charge in [-0.25, -0.2) is 0 Å². The second-order valence-corrected chi connectivity index (χ2v) is 21.2. The molecule has 0 saturated heterocycles. The largest absolute Gasteiger partial charge is 0.481 e. The van der Waals surface area contributed by atoms with E-state index in [1.54, 1.807) is 0 Å². The predicted octanol–water partition coefficient (Wildman–Crippen LogP) is 7.75. The lowest BCUT2D eigenvalue weighted by atomic mass is 9.41. The van der Waals surface area contributed by atoms with Crippen molar-refractivity contribution in [3.05, 3.63) is 0 Å². The maximum Gasteiger partial charge on any atom is 0.303 e. The molecule has 12 atom stereocenters. The molecule has 6 heteroatoms. The summed E-state index contributed by atoms with van der Waals surface area (Å²) in [6, 6.07) is 0. The summed E-state index contributed by atoms with van der Waals surface area (Å²) in [5.74, 6) is 2.33. The third-order valence-electron chi connectivity index (χ3n) is 12.9. The Bertz CT molecular complexity index is 842. The van der Waals surface area contributed by atoms with Crippen LogP contribution in [0.4, 0.5) is 0 Å². The van der Waals surface area contributed by atoms with Crippen LogP contribution in [0, 0.1) is 46.3 Å². The van der Waals surface area contributed by atoms with Crippen molar-refractivity contribution < 1.29 is 19.4 Å². The van der Waals surface area contributed by atoms with Crippen LogP contribution in [-0.2, 0) is 9.22 Å². The van der Waals surface area contributed by atoms with Gasteiger partial charge in [0.2, 0.25) is 0 Å². The monoisotopic (exact) mass is 552 g/mol. The lowest BCUT2D eigenvalue weighted by molar-refractivity contribution is -0.201. The second-order valence-electron chi connectivity index (χ2n) is 15.6. The minimum absolute atomic E-state index is 0.218. The normalized spacial score (nSPS) is 45.0. The van der Waals surface area contributed by atoms with Crippen molar-refractivity contribution >= 4 is 23.5 Å². The Kier molecular flexibility index (Phi) is 8.48. The molecule has 4 rings (SSSR count). The van der Waals surface area contributed by atoms with Gasteiger partial charge in [0.15, 0.2) is 8.32 Å². The van der Waals surface area contributed by atoms with Crippen molar-refractivity contribution in [1.29, 1.82) is 0 Å². The van der Waals surface area contributed by atoms with E-state index in [0.29, 0.717) is 52.7 Å². The van der Waals surface area contributed by atoms with E-state index in [2.05, 4.69) is 63.9 Å². The summed E-state index contributed by atoms with van der Waals surface area (Å²) in [6.07, 6.45) is 10.5. The van der Waals surface area contributed by atoms with E-state index in [4.69, 9.17) is 4.43 Å². The average molecular weight is 553 g/mol. The van der Waals surface area contributed by atoms with Gasteiger partial charge < -0.3 is 14.6 Å². The summed E-state index contributed by atoms with van der Waals surface area (Å²) in [4.78, 5) is 11.2. The fourth-order valence-corrected chi connectivity index (χ4v) is 12.1.